The van der Waals surface area contributed by atoms with Gasteiger partial charge in [-0.3, -0.25) is 14.8 Å². The van der Waals surface area contributed by atoms with Crippen LogP contribution in [0.5, 0.6) is 5.75 Å². The van der Waals surface area contributed by atoms with E-state index in [0.717, 1.165) is 47.8 Å². The van der Waals surface area contributed by atoms with Crippen molar-refractivity contribution in [3.8, 4) is 5.75 Å². The molecule has 0 spiro atoms. The highest BCUT2D eigenvalue weighted by molar-refractivity contribution is 5.87. The van der Waals surface area contributed by atoms with Crippen molar-refractivity contribution in [2.75, 3.05) is 0 Å². The summed E-state index contributed by atoms with van der Waals surface area (Å²) < 4.78 is 6.27. The number of hydrogen-bond acceptors (Lipinski definition) is 4. The fourth-order valence-corrected chi connectivity index (χ4v) is 3.67. The molecule has 5 nitrogen and oxygen atoms in total. The zero-order chi connectivity index (χ0) is 18.5. The molecule has 0 aliphatic heterocycles. The molecule has 0 bridgehead atoms. The standard InChI is InChI=1S/C22H23N3O2/c26-22(13-16-3-2-11-23-14-16)25-18-6-8-19(9-7-18)27-21-5-1-4-17-15-24-12-10-20(17)21/h1-5,10-12,14-15,18-19H,6-9,13H2,(H,25,26). The van der Waals surface area contributed by atoms with Crippen molar-refractivity contribution in [1.82, 2.24) is 15.3 Å². The molecule has 5 heteroatoms. The van der Waals surface area contributed by atoms with E-state index in [9.17, 15) is 4.79 Å². The van der Waals surface area contributed by atoms with Gasteiger partial charge in [-0.15, -0.1) is 0 Å². The van der Waals surface area contributed by atoms with Crippen molar-refractivity contribution in [1.29, 1.82) is 0 Å². The average molecular weight is 361 g/mol. The first-order valence-electron chi connectivity index (χ1n) is 9.45. The molecule has 1 saturated carbocycles. The van der Waals surface area contributed by atoms with E-state index in [-0.39, 0.29) is 18.1 Å². The first-order valence-corrected chi connectivity index (χ1v) is 9.45. The summed E-state index contributed by atoms with van der Waals surface area (Å²) in [5.41, 5.74) is 0.942. The Labute approximate surface area is 158 Å². The maximum Gasteiger partial charge on any atom is 0.224 e. The van der Waals surface area contributed by atoms with E-state index in [1.54, 1.807) is 18.6 Å². The topological polar surface area (TPSA) is 64.1 Å². The minimum absolute atomic E-state index is 0.0638. The number of nitrogens with one attached hydrogen (secondary N) is 1. The van der Waals surface area contributed by atoms with Crippen molar-refractivity contribution in [3.05, 3.63) is 66.7 Å². The Morgan fingerprint density at radius 1 is 1.00 bits per heavy atom. The summed E-state index contributed by atoms with van der Waals surface area (Å²) in [5, 5.41) is 5.34. The molecule has 1 fully saturated rings. The second kappa shape index (κ2) is 8.16. The molecule has 0 atom stereocenters. The number of ether oxygens (including phenoxy) is 1. The van der Waals surface area contributed by atoms with Gasteiger partial charge in [0.2, 0.25) is 5.91 Å². The number of amides is 1. The molecule has 1 aromatic carbocycles. The molecule has 1 N–H and O–H groups in total. The van der Waals surface area contributed by atoms with Crippen LogP contribution in [0.25, 0.3) is 10.8 Å². The predicted octanol–water partition coefficient (Wildman–Crippen LogP) is 3.68. The largest absolute Gasteiger partial charge is 0.490 e. The predicted molar refractivity (Wildman–Crippen MR) is 104 cm³/mol. The first-order chi connectivity index (χ1) is 13.3. The highest BCUT2D eigenvalue weighted by Gasteiger charge is 2.24. The number of carbonyl (C=O) groups excluding carboxylic acids is 1. The van der Waals surface area contributed by atoms with Crippen LogP contribution >= 0.6 is 0 Å². The maximum absolute atomic E-state index is 12.2. The van der Waals surface area contributed by atoms with Crippen LogP contribution in [0.2, 0.25) is 0 Å². The lowest BCUT2D eigenvalue weighted by Crippen LogP contribution is -2.40. The molecule has 4 rings (SSSR count). The van der Waals surface area contributed by atoms with Gasteiger partial charge in [-0.25, -0.2) is 0 Å². The second-order valence-electron chi connectivity index (χ2n) is 7.05. The molecule has 0 saturated heterocycles. The summed E-state index contributed by atoms with van der Waals surface area (Å²) in [6.45, 7) is 0. The number of rotatable bonds is 5. The Morgan fingerprint density at radius 3 is 2.67 bits per heavy atom. The van der Waals surface area contributed by atoms with Gasteiger partial charge in [0, 0.05) is 41.6 Å². The van der Waals surface area contributed by atoms with Crippen LogP contribution in [-0.2, 0) is 11.2 Å². The van der Waals surface area contributed by atoms with Gasteiger partial charge in [0.15, 0.2) is 0 Å². The van der Waals surface area contributed by atoms with Gasteiger partial charge in [-0.2, -0.15) is 0 Å². The van der Waals surface area contributed by atoms with E-state index in [1.807, 2.05) is 42.6 Å². The van der Waals surface area contributed by atoms with Crippen molar-refractivity contribution in [3.63, 3.8) is 0 Å². The number of pyridine rings is 2. The van der Waals surface area contributed by atoms with Crippen molar-refractivity contribution in [2.45, 2.75) is 44.2 Å². The van der Waals surface area contributed by atoms with Crippen LogP contribution < -0.4 is 10.1 Å². The number of aromatic nitrogens is 2. The summed E-state index contributed by atoms with van der Waals surface area (Å²) in [4.78, 5) is 20.4. The monoisotopic (exact) mass is 361 g/mol. The van der Waals surface area contributed by atoms with Crippen LogP contribution in [0.15, 0.2) is 61.2 Å². The molecule has 138 valence electrons. The van der Waals surface area contributed by atoms with E-state index >= 15 is 0 Å². The van der Waals surface area contributed by atoms with E-state index in [1.165, 1.54) is 0 Å². The highest BCUT2D eigenvalue weighted by atomic mass is 16.5. The zero-order valence-corrected chi connectivity index (χ0v) is 15.2. The van der Waals surface area contributed by atoms with E-state index in [4.69, 9.17) is 4.74 Å². The number of nitrogens with zero attached hydrogens (tertiary/aromatic N) is 2. The maximum atomic E-state index is 12.2. The quantitative estimate of drug-likeness (QED) is 0.753. The summed E-state index contributed by atoms with van der Waals surface area (Å²) in [6, 6.07) is 12.1. The lowest BCUT2D eigenvalue weighted by molar-refractivity contribution is -0.121. The van der Waals surface area contributed by atoms with Gasteiger partial charge in [-0.1, -0.05) is 18.2 Å². The normalized spacial score (nSPS) is 19.6. The fourth-order valence-electron chi connectivity index (χ4n) is 3.67. The molecule has 1 aliphatic rings. The minimum atomic E-state index is 0.0638. The Bertz CT molecular complexity index is 900. The van der Waals surface area contributed by atoms with Crippen molar-refractivity contribution >= 4 is 16.7 Å². The van der Waals surface area contributed by atoms with Crippen LogP contribution in [0, 0.1) is 0 Å². The minimum Gasteiger partial charge on any atom is -0.490 e. The molecular weight excluding hydrogens is 338 g/mol. The Hall–Kier alpha value is -2.95. The third kappa shape index (κ3) is 4.42. The molecule has 3 aromatic rings. The average Bonchev–Trinajstić information content (AvgIpc) is 2.70. The molecule has 2 heterocycles. The molecular formula is C22H23N3O2. The lowest BCUT2D eigenvalue weighted by Gasteiger charge is -2.30. The van der Waals surface area contributed by atoms with Crippen molar-refractivity contribution < 1.29 is 9.53 Å². The second-order valence-corrected chi connectivity index (χ2v) is 7.05. The van der Waals surface area contributed by atoms with Gasteiger partial charge < -0.3 is 10.1 Å². The number of hydrogen-bond donors (Lipinski definition) is 1. The molecule has 2 aromatic heterocycles. The third-order valence-corrected chi connectivity index (χ3v) is 5.06. The summed E-state index contributed by atoms with van der Waals surface area (Å²) in [7, 11) is 0. The first kappa shape index (κ1) is 17.5. The molecule has 0 unspecified atom stereocenters. The van der Waals surface area contributed by atoms with Gasteiger partial charge in [0.1, 0.15) is 5.75 Å². The summed E-state index contributed by atoms with van der Waals surface area (Å²) in [5.74, 6) is 0.980. The molecule has 1 amide bonds. The summed E-state index contributed by atoms with van der Waals surface area (Å²) in [6.07, 6.45) is 11.5. The number of benzene rings is 1. The van der Waals surface area contributed by atoms with E-state index < -0.39 is 0 Å². The van der Waals surface area contributed by atoms with E-state index in [0.29, 0.717) is 6.42 Å². The molecule has 27 heavy (non-hydrogen) atoms. The SMILES string of the molecule is O=C(Cc1cccnc1)NC1CCC(Oc2cccc3cnccc23)CC1. The van der Waals surface area contributed by atoms with Crippen LogP contribution in [-0.4, -0.2) is 28.0 Å². The lowest BCUT2D eigenvalue weighted by atomic mass is 9.92. The molecule has 1 aliphatic carbocycles. The van der Waals surface area contributed by atoms with Gasteiger partial charge >= 0.3 is 0 Å². The smallest absolute Gasteiger partial charge is 0.224 e. The Balaban J connectivity index is 1.29. The van der Waals surface area contributed by atoms with Gasteiger partial charge in [0.05, 0.1) is 12.5 Å². The van der Waals surface area contributed by atoms with Crippen LogP contribution in [0.4, 0.5) is 0 Å². The van der Waals surface area contributed by atoms with Crippen LogP contribution in [0.1, 0.15) is 31.2 Å². The fraction of sp³-hybridized carbons (Fsp3) is 0.318. The van der Waals surface area contributed by atoms with Gasteiger partial charge in [0.25, 0.3) is 0 Å². The van der Waals surface area contributed by atoms with Gasteiger partial charge in [-0.05, 0) is 49.4 Å². The molecule has 0 radical (unpaired) electrons. The zero-order valence-electron chi connectivity index (χ0n) is 15.2. The van der Waals surface area contributed by atoms with Crippen molar-refractivity contribution in [2.24, 2.45) is 0 Å². The third-order valence-electron chi connectivity index (χ3n) is 5.06. The Kier molecular flexibility index (Phi) is 5.28. The highest BCUT2D eigenvalue weighted by Crippen LogP contribution is 2.29. The number of fused-ring (bicyclic) bond motifs is 1. The Morgan fingerprint density at radius 2 is 1.85 bits per heavy atom. The van der Waals surface area contributed by atoms with Crippen LogP contribution in [0.3, 0.4) is 0 Å². The van der Waals surface area contributed by atoms with E-state index in [2.05, 4.69) is 15.3 Å². The number of carbonyl (C=O) groups is 1. The summed E-state index contributed by atoms with van der Waals surface area (Å²) >= 11 is 0.